The maximum atomic E-state index is 14.3. The Bertz CT molecular complexity index is 1640. The van der Waals surface area contributed by atoms with Gasteiger partial charge in [-0.25, -0.2) is 9.80 Å². The Balaban J connectivity index is 1.25. The highest BCUT2D eigenvalue weighted by Crippen LogP contribution is 2.30. The number of morpholine rings is 1. The number of ether oxygens (including phenoxy) is 2. The van der Waals surface area contributed by atoms with E-state index in [-0.39, 0.29) is 56.7 Å². The van der Waals surface area contributed by atoms with Crippen molar-refractivity contribution in [3.8, 4) is 17.6 Å². The number of benzene rings is 3. The van der Waals surface area contributed by atoms with Crippen molar-refractivity contribution in [1.82, 2.24) is 30.0 Å². The third-order valence-corrected chi connectivity index (χ3v) is 9.00. The van der Waals surface area contributed by atoms with Gasteiger partial charge in [-0.05, 0) is 41.0 Å². The highest BCUT2D eigenvalue weighted by Gasteiger charge is 2.51. The van der Waals surface area contributed by atoms with Crippen molar-refractivity contribution < 1.29 is 29.0 Å². The van der Waals surface area contributed by atoms with Gasteiger partial charge in [0.25, 0.3) is 0 Å². The molecule has 6 rings (SSSR count). The number of aromatic hydroxyl groups is 1. The van der Waals surface area contributed by atoms with Crippen LogP contribution in [0.15, 0.2) is 78.9 Å². The molecule has 2 atom stereocenters. The summed E-state index contributed by atoms with van der Waals surface area (Å²) in [7, 11) is 0. The third-order valence-electron chi connectivity index (χ3n) is 9.00. The summed E-state index contributed by atoms with van der Waals surface area (Å²) in [6, 6.07) is 24.2. The van der Waals surface area contributed by atoms with Crippen LogP contribution in [-0.4, -0.2) is 119 Å². The molecule has 3 aliphatic heterocycles. The largest absolute Gasteiger partial charge is 0.508 e. The SMILES string of the molecule is N#CCN1CC(=O)N2[C@@H](Cc3ccc(O)cc3)C(=O)N(Cc3cccc(OCCN4CCOCC4)c3)C[C@@H]2N1C(=O)NCc1ccccc1. The second kappa shape index (κ2) is 15.8. The average Bonchev–Trinajstić information content (AvgIpc) is 3.11. The van der Waals surface area contributed by atoms with Crippen LogP contribution in [0.2, 0.25) is 0 Å². The van der Waals surface area contributed by atoms with Crippen molar-refractivity contribution in [2.75, 3.05) is 59.1 Å². The summed E-state index contributed by atoms with van der Waals surface area (Å²) in [5, 5.41) is 25.3. The van der Waals surface area contributed by atoms with E-state index in [0.29, 0.717) is 12.4 Å². The fourth-order valence-corrected chi connectivity index (χ4v) is 6.54. The molecular weight excluding hydrogens is 626 g/mol. The summed E-state index contributed by atoms with van der Waals surface area (Å²) in [4.78, 5) is 47.4. The molecule has 3 aromatic rings. The molecule has 0 saturated carbocycles. The molecule has 49 heavy (non-hydrogen) atoms. The minimum absolute atomic E-state index is 0.0411. The Hall–Kier alpha value is -5.16. The maximum absolute atomic E-state index is 14.3. The Morgan fingerprint density at radius 2 is 1.73 bits per heavy atom. The van der Waals surface area contributed by atoms with E-state index in [1.165, 1.54) is 14.9 Å². The normalized spacial score (nSPS) is 20.1. The van der Waals surface area contributed by atoms with Gasteiger partial charge in [0.05, 0.1) is 32.4 Å². The Kier molecular flexibility index (Phi) is 10.9. The van der Waals surface area contributed by atoms with Gasteiger partial charge in [0.2, 0.25) is 11.8 Å². The summed E-state index contributed by atoms with van der Waals surface area (Å²) in [5.74, 6) is 0.176. The average molecular weight is 668 g/mol. The van der Waals surface area contributed by atoms with Gasteiger partial charge in [-0.1, -0.05) is 54.6 Å². The summed E-state index contributed by atoms with van der Waals surface area (Å²) in [6.07, 6.45) is -0.682. The number of carbonyl (C=O) groups is 3. The van der Waals surface area contributed by atoms with Gasteiger partial charge in [0, 0.05) is 39.1 Å². The van der Waals surface area contributed by atoms with Gasteiger partial charge in [-0.3, -0.25) is 14.5 Å². The third kappa shape index (κ3) is 8.29. The minimum atomic E-state index is -0.919. The van der Waals surface area contributed by atoms with Crippen molar-refractivity contribution in [3.05, 3.63) is 95.6 Å². The van der Waals surface area contributed by atoms with Crippen LogP contribution in [0.4, 0.5) is 4.79 Å². The number of hydrogen-bond acceptors (Lipinski definition) is 9. The maximum Gasteiger partial charge on any atom is 0.334 e. The number of hydrogen-bond donors (Lipinski definition) is 2. The number of amides is 4. The van der Waals surface area contributed by atoms with Crippen molar-refractivity contribution in [1.29, 1.82) is 5.26 Å². The van der Waals surface area contributed by atoms with Gasteiger partial charge in [0.1, 0.15) is 36.9 Å². The first kappa shape index (κ1) is 33.7. The number of fused-ring (bicyclic) bond motifs is 1. The van der Waals surface area contributed by atoms with E-state index >= 15 is 0 Å². The predicted octanol–water partition coefficient (Wildman–Crippen LogP) is 2.18. The number of nitrogens with zero attached hydrogens (tertiary/aromatic N) is 6. The molecule has 0 aromatic heterocycles. The second-order valence-electron chi connectivity index (χ2n) is 12.3. The zero-order valence-electron chi connectivity index (χ0n) is 27.3. The molecule has 256 valence electrons. The Labute approximate surface area is 285 Å². The number of urea groups is 1. The van der Waals surface area contributed by atoms with E-state index in [0.717, 1.165) is 49.5 Å². The zero-order chi connectivity index (χ0) is 34.2. The molecule has 0 bridgehead atoms. The Morgan fingerprint density at radius 3 is 2.49 bits per heavy atom. The molecular formula is C36H41N7O6. The molecule has 3 aliphatic rings. The van der Waals surface area contributed by atoms with Crippen molar-refractivity contribution >= 4 is 17.8 Å². The minimum Gasteiger partial charge on any atom is -0.508 e. The molecule has 0 unspecified atom stereocenters. The van der Waals surface area contributed by atoms with E-state index in [1.54, 1.807) is 29.2 Å². The number of phenolic OH excluding ortho intramolecular Hbond substituents is 1. The fraction of sp³-hybridized carbons (Fsp3) is 0.389. The van der Waals surface area contributed by atoms with Crippen LogP contribution >= 0.6 is 0 Å². The molecule has 0 spiro atoms. The van der Waals surface area contributed by atoms with Crippen molar-refractivity contribution in [2.45, 2.75) is 31.7 Å². The van der Waals surface area contributed by atoms with E-state index in [4.69, 9.17) is 9.47 Å². The summed E-state index contributed by atoms with van der Waals surface area (Å²) in [6.45, 7) is 4.58. The smallest absolute Gasteiger partial charge is 0.334 e. The first-order valence-corrected chi connectivity index (χ1v) is 16.5. The monoisotopic (exact) mass is 667 g/mol. The zero-order valence-corrected chi connectivity index (χ0v) is 27.3. The molecule has 0 radical (unpaired) electrons. The highest BCUT2D eigenvalue weighted by atomic mass is 16.5. The molecule has 3 saturated heterocycles. The second-order valence-corrected chi connectivity index (χ2v) is 12.3. The number of nitriles is 1. The lowest BCUT2D eigenvalue weighted by molar-refractivity contribution is -0.189. The number of piperazine rings is 1. The van der Waals surface area contributed by atoms with Gasteiger partial charge < -0.3 is 29.7 Å². The number of hydrazine groups is 1. The number of phenols is 1. The van der Waals surface area contributed by atoms with Crippen LogP contribution < -0.4 is 10.1 Å². The number of carbonyl (C=O) groups excluding carboxylic acids is 3. The van der Waals surface area contributed by atoms with Gasteiger partial charge >= 0.3 is 6.03 Å². The molecule has 13 nitrogen and oxygen atoms in total. The fourth-order valence-electron chi connectivity index (χ4n) is 6.54. The molecule has 3 heterocycles. The van der Waals surface area contributed by atoms with Crippen LogP contribution in [0.25, 0.3) is 0 Å². The summed E-state index contributed by atoms with van der Waals surface area (Å²) >= 11 is 0. The molecule has 4 amide bonds. The lowest BCUT2D eigenvalue weighted by atomic mass is 9.98. The van der Waals surface area contributed by atoms with Crippen LogP contribution in [0.3, 0.4) is 0 Å². The summed E-state index contributed by atoms with van der Waals surface area (Å²) in [5.41, 5.74) is 2.48. The number of nitrogens with one attached hydrogen (secondary N) is 1. The van der Waals surface area contributed by atoms with Crippen LogP contribution in [0, 0.1) is 11.3 Å². The van der Waals surface area contributed by atoms with Gasteiger partial charge in [-0.15, -0.1) is 0 Å². The van der Waals surface area contributed by atoms with E-state index in [2.05, 4.69) is 16.3 Å². The quantitative estimate of drug-likeness (QED) is 0.295. The Morgan fingerprint density at radius 1 is 0.980 bits per heavy atom. The van der Waals surface area contributed by atoms with E-state index in [9.17, 15) is 24.8 Å². The van der Waals surface area contributed by atoms with Crippen molar-refractivity contribution in [3.63, 3.8) is 0 Å². The molecule has 3 aromatic carbocycles. The van der Waals surface area contributed by atoms with E-state index in [1.807, 2.05) is 54.6 Å². The standard InChI is InChI=1S/C36H41N7O6/c37-13-14-41-26-34(45)42-32(22-27-9-11-30(44)12-10-27)35(46)40(25-33(42)43(41)36(47)38-23-28-5-2-1-3-6-28)24-29-7-4-8-31(21-29)49-20-17-39-15-18-48-19-16-39/h1-12,21,32-33,44H,14-20,22-26H2,(H,38,47)/t32-,33-/m0/s1. The predicted molar refractivity (Wildman–Crippen MR) is 179 cm³/mol. The van der Waals surface area contributed by atoms with Crippen LogP contribution in [0.1, 0.15) is 16.7 Å². The van der Waals surface area contributed by atoms with E-state index < -0.39 is 18.2 Å². The highest BCUT2D eigenvalue weighted by molar-refractivity contribution is 5.91. The van der Waals surface area contributed by atoms with Crippen LogP contribution in [0.5, 0.6) is 11.5 Å². The lowest BCUT2D eigenvalue weighted by Gasteiger charge is -2.54. The lowest BCUT2D eigenvalue weighted by Crippen LogP contribution is -2.76. The van der Waals surface area contributed by atoms with Crippen molar-refractivity contribution in [2.24, 2.45) is 0 Å². The van der Waals surface area contributed by atoms with Crippen LogP contribution in [-0.2, 0) is 33.8 Å². The molecule has 2 N–H and O–H groups in total. The first-order valence-electron chi connectivity index (χ1n) is 16.5. The first-order chi connectivity index (χ1) is 23.9. The van der Waals surface area contributed by atoms with Gasteiger partial charge in [-0.2, -0.15) is 10.3 Å². The molecule has 0 aliphatic carbocycles. The molecule has 13 heteroatoms. The topological polar surface area (TPSA) is 142 Å². The number of rotatable bonds is 11. The summed E-state index contributed by atoms with van der Waals surface area (Å²) < 4.78 is 11.5. The molecule has 3 fully saturated rings. The van der Waals surface area contributed by atoms with Gasteiger partial charge in [0.15, 0.2) is 0 Å².